The second kappa shape index (κ2) is 9.56. The maximum absolute atomic E-state index is 12.9. The van der Waals surface area contributed by atoms with Crippen molar-refractivity contribution in [2.45, 2.75) is 33.3 Å². The first kappa shape index (κ1) is 20.9. The number of carbonyl (C=O) groups excluding carboxylic acids is 2. The molecule has 0 spiro atoms. The Morgan fingerprint density at radius 2 is 1.86 bits per heavy atom. The molecule has 1 saturated heterocycles. The fourth-order valence-corrected chi connectivity index (χ4v) is 3.24. The summed E-state index contributed by atoms with van der Waals surface area (Å²) in [5.74, 6) is 0.327. The average Bonchev–Trinajstić information content (AvgIpc) is 2.74. The summed E-state index contributed by atoms with van der Waals surface area (Å²) in [6, 6.07) is 13.0. The minimum Gasteiger partial charge on any atom is -0.480 e. The van der Waals surface area contributed by atoms with E-state index in [1.54, 1.807) is 29.2 Å². The molecule has 6 heteroatoms. The second-order valence-electron chi connectivity index (χ2n) is 7.22. The summed E-state index contributed by atoms with van der Waals surface area (Å²) in [5.41, 5.74) is 3.02. The van der Waals surface area contributed by atoms with Crippen molar-refractivity contribution in [3.8, 4) is 5.75 Å². The summed E-state index contributed by atoms with van der Waals surface area (Å²) in [6.45, 7) is 8.00. The topological polar surface area (TPSA) is 67.9 Å². The van der Waals surface area contributed by atoms with Crippen molar-refractivity contribution in [1.29, 1.82) is 0 Å². The van der Waals surface area contributed by atoms with Crippen molar-refractivity contribution in [2.24, 2.45) is 0 Å². The van der Waals surface area contributed by atoms with Crippen LogP contribution in [0.4, 0.5) is 5.69 Å². The average molecular weight is 396 g/mol. The molecule has 3 rings (SSSR count). The van der Waals surface area contributed by atoms with Gasteiger partial charge < -0.3 is 19.7 Å². The Labute approximate surface area is 171 Å². The zero-order chi connectivity index (χ0) is 20.8. The van der Waals surface area contributed by atoms with Gasteiger partial charge in [-0.05, 0) is 49.6 Å². The van der Waals surface area contributed by atoms with Crippen molar-refractivity contribution in [3.05, 3.63) is 59.2 Å². The number of nitrogens with zero attached hydrogens (tertiary/aromatic N) is 1. The third-order valence-electron chi connectivity index (χ3n) is 4.99. The second-order valence-corrected chi connectivity index (χ2v) is 7.22. The van der Waals surface area contributed by atoms with E-state index in [4.69, 9.17) is 9.47 Å². The quantitative estimate of drug-likeness (QED) is 0.811. The Kier molecular flexibility index (Phi) is 6.88. The zero-order valence-electron chi connectivity index (χ0n) is 17.2. The van der Waals surface area contributed by atoms with Gasteiger partial charge in [0.1, 0.15) is 5.75 Å². The lowest BCUT2D eigenvalue weighted by Crippen LogP contribution is -2.41. The monoisotopic (exact) mass is 396 g/mol. The van der Waals surface area contributed by atoms with E-state index in [9.17, 15) is 9.59 Å². The predicted molar refractivity (Wildman–Crippen MR) is 112 cm³/mol. The molecule has 1 atom stereocenters. The van der Waals surface area contributed by atoms with Crippen LogP contribution in [0.1, 0.15) is 34.8 Å². The highest BCUT2D eigenvalue weighted by atomic mass is 16.5. The predicted octanol–water partition coefficient (Wildman–Crippen LogP) is 3.57. The number of aryl methyl sites for hydroxylation is 2. The van der Waals surface area contributed by atoms with Crippen LogP contribution in [-0.2, 0) is 9.53 Å². The number of carbonyl (C=O) groups is 2. The summed E-state index contributed by atoms with van der Waals surface area (Å²) in [7, 11) is 0. The molecule has 0 radical (unpaired) electrons. The normalized spacial score (nSPS) is 14.9. The lowest BCUT2D eigenvalue weighted by atomic mass is 10.1. The fourth-order valence-electron chi connectivity index (χ4n) is 3.24. The zero-order valence-corrected chi connectivity index (χ0v) is 17.2. The number of ether oxygens (including phenoxy) is 2. The van der Waals surface area contributed by atoms with Gasteiger partial charge in [0.25, 0.3) is 11.8 Å². The van der Waals surface area contributed by atoms with Gasteiger partial charge in [-0.15, -0.1) is 0 Å². The Morgan fingerprint density at radius 1 is 1.14 bits per heavy atom. The highest BCUT2D eigenvalue weighted by Crippen LogP contribution is 2.23. The molecule has 29 heavy (non-hydrogen) atoms. The first-order chi connectivity index (χ1) is 14.0. The third-order valence-corrected chi connectivity index (χ3v) is 4.99. The number of para-hydroxylation sites is 1. The van der Waals surface area contributed by atoms with Crippen LogP contribution in [0.5, 0.6) is 5.75 Å². The number of morpholine rings is 1. The maximum atomic E-state index is 12.9. The third kappa shape index (κ3) is 5.15. The highest BCUT2D eigenvalue weighted by molar-refractivity contribution is 6.04. The van der Waals surface area contributed by atoms with Gasteiger partial charge in [-0.1, -0.05) is 31.2 Å². The molecule has 0 unspecified atom stereocenters. The number of amides is 2. The van der Waals surface area contributed by atoms with Gasteiger partial charge in [0, 0.05) is 13.1 Å². The van der Waals surface area contributed by atoms with E-state index < -0.39 is 6.10 Å². The summed E-state index contributed by atoms with van der Waals surface area (Å²) >= 11 is 0. The van der Waals surface area contributed by atoms with Crippen molar-refractivity contribution in [2.75, 3.05) is 31.6 Å². The molecule has 1 aliphatic rings. The van der Waals surface area contributed by atoms with Crippen LogP contribution in [0.25, 0.3) is 0 Å². The Morgan fingerprint density at radius 3 is 2.59 bits per heavy atom. The van der Waals surface area contributed by atoms with E-state index in [0.29, 0.717) is 49.7 Å². The van der Waals surface area contributed by atoms with E-state index >= 15 is 0 Å². The molecular weight excluding hydrogens is 368 g/mol. The number of rotatable bonds is 6. The molecule has 0 bridgehead atoms. The molecule has 0 aromatic heterocycles. The molecule has 1 N–H and O–H groups in total. The number of hydrogen-bond donors (Lipinski definition) is 1. The molecule has 2 aromatic carbocycles. The number of nitrogens with one attached hydrogen (secondary N) is 1. The maximum Gasteiger partial charge on any atom is 0.265 e. The van der Waals surface area contributed by atoms with Crippen LogP contribution in [-0.4, -0.2) is 49.1 Å². The molecule has 0 aliphatic carbocycles. The van der Waals surface area contributed by atoms with Crippen molar-refractivity contribution in [1.82, 2.24) is 4.90 Å². The van der Waals surface area contributed by atoms with Gasteiger partial charge in [-0.2, -0.15) is 0 Å². The number of anilines is 1. The van der Waals surface area contributed by atoms with Crippen LogP contribution >= 0.6 is 0 Å². The largest absolute Gasteiger partial charge is 0.480 e. The molecule has 2 aromatic rings. The van der Waals surface area contributed by atoms with E-state index in [1.165, 1.54) is 0 Å². The first-order valence-corrected chi connectivity index (χ1v) is 10.0. The molecule has 1 heterocycles. The van der Waals surface area contributed by atoms with Gasteiger partial charge in [-0.3, -0.25) is 9.59 Å². The van der Waals surface area contributed by atoms with Crippen LogP contribution < -0.4 is 10.1 Å². The smallest absolute Gasteiger partial charge is 0.265 e. The molecule has 2 amide bonds. The summed E-state index contributed by atoms with van der Waals surface area (Å²) in [5, 5.41) is 2.89. The molecule has 154 valence electrons. The van der Waals surface area contributed by atoms with E-state index in [0.717, 1.165) is 11.1 Å². The van der Waals surface area contributed by atoms with Crippen LogP contribution in [0.2, 0.25) is 0 Å². The molecule has 6 nitrogen and oxygen atoms in total. The van der Waals surface area contributed by atoms with Gasteiger partial charge in [0.2, 0.25) is 0 Å². The van der Waals surface area contributed by atoms with Gasteiger partial charge in [0.05, 0.1) is 24.5 Å². The van der Waals surface area contributed by atoms with E-state index in [-0.39, 0.29) is 11.8 Å². The lowest BCUT2D eigenvalue weighted by Gasteiger charge is -2.27. The van der Waals surface area contributed by atoms with E-state index in [2.05, 4.69) is 5.32 Å². The van der Waals surface area contributed by atoms with Crippen molar-refractivity contribution >= 4 is 17.5 Å². The Hall–Kier alpha value is -2.86. The highest BCUT2D eigenvalue weighted by Gasteiger charge is 2.24. The first-order valence-electron chi connectivity index (χ1n) is 10.0. The molecule has 1 aliphatic heterocycles. The van der Waals surface area contributed by atoms with Crippen LogP contribution in [0.15, 0.2) is 42.5 Å². The number of benzene rings is 2. The fraction of sp³-hybridized carbons (Fsp3) is 0.391. The van der Waals surface area contributed by atoms with Crippen LogP contribution in [0.3, 0.4) is 0 Å². The van der Waals surface area contributed by atoms with E-state index in [1.807, 2.05) is 39.0 Å². The number of hydrogen-bond acceptors (Lipinski definition) is 4. The van der Waals surface area contributed by atoms with Gasteiger partial charge in [-0.25, -0.2) is 0 Å². The van der Waals surface area contributed by atoms with Crippen molar-refractivity contribution < 1.29 is 19.1 Å². The molecule has 0 saturated carbocycles. The van der Waals surface area contributed by atoms with Crippen LogP contribution in [0, 0.1) is 13.8 Å². The molecule has 1 fully saturated rings. The minimum absolute atomic E-state index is 0.104. The standard InChI is InChI=1S/C23H28N2O4/c1-4-20(29-21-15-16(2)9-10-17(21)3)22(26)24-19-8-6-5-7-18(19)23(27)25-11-13-28-14-12-25/h5-10,15,20H,4,11-14H2,1-3H3,(H,24,26)/t20-/m0/s1. The summed E-state index contributed by atoms with van der Waals surface area (Å²) < 4.78 is 11.3. The lowest BCUT2D eigenvalue weighted by molar-refractivity contribution is -0.122. The summed E-state index contributed by atoms with van der Waals surface area (Å²) in [4.78, 5) is 27.6. The molecular formula is C23H28N2O4. The SMILES string of the molecule is CC[C@H](Oc1cc(C)ccc1C)C(=O)Nc1ccccc1C(=O)N1CCOCC1. The van der Waals surface area contributed by atoms with Crippen molar-refractivity contribution in [3.63, 3.8) is 0 Å². The summed E-state index contributed by atoms with van der Waals surface area (Å²) in [6.07, 6.45) is -0.138. The Bertz CT molecular complexity index is 875. The Balaban J connectivity index is 1.75. The minimum atomic E-state index is -0.651. The van der Waals surface area contributed by atoms with Gasteiger partial charge >= 0.3 is 0 Å². The van der Waals surface area contributed by atoms with Gasteiger partial charge in [0.15, 0.2) is 6.10 Å².